The van der Waals surface area contributed by atoms with Gasteiger partial charge in [0.1, 0.15) is 11.5 Å². The number of benzene rings is 1. The first-order chi connectivity index (χ1) is 9.11. The molecule has 0 radical (unpaired) electrons. The number of hydrazine groups is 1. The van der Waals surface area contributed by atoms with Gasteiger partial charge in [0.2, 0.25) is 0 Å². The Morgan fingerprint density at radius 2 is 1.74 bits per heavy atom. The molecule has 0 saturated carbocycles. The van der Waals surface area contributed by atoms with Crippen LogP contribution in [0.3, 0.4) is 0 Å². The van der Waals surface area contributed by atoms with E-state index >= 15 is 0 Å². The lowest BCUT2D eigenvalue weighted by atomic mass is 10.2. The molecule has 1 heterocycles. The molecule has 1 aromatic carbocycles. The van der Waals surface area contributed by atoms with E-state index in [1.54, 1.807) is 12.1 Å². The molecule has 0 atom stereocenters. The highest BCUT2D eigenvalue weighted by molar-refractivity contribution is 6.09. The molecule has 2 N–H and O–H groups in total. The average Bonchev–Trinajstić information content (AvgIpc) is 2.46. The second-order valence-corrected chi connectivity index (χ2v) is 3.68. The number of carbonyl (C=O) groups is 2. The van der Waals surface area contributed by atoms with E-state index in [1.807, 2.05) is 0 Å². The minimum atomic E-state index is -0.922. The van der Waals surface area contributed by atoms with Crippen molar-refractivity contribution in [2.24, 2.45) is 5.84 Å². The Morgan fingerprint density at radius 3 is 2.37 bits per heavy atom. The summed E-state index contributed by atoms with van der Waals surface area (Å²) in [6.45, 7) is 0. The number of rotatable bonds is 2. The van der Waals surface area contributed by atoms with Crippen molar-refractivity contribution >= 4 is 11.8 Å². The molecule has 0 fully saturated rings. The normalized spacial score (nSPS) is 10.0. The van der Waals surface area contributed by atoms with Crippen LogP contribution in [0.2, 0.25) is 0 Å². The summed E-state index contributed by atoms with van der Waals surface area (Å²) in [5.41, 5.74) is -0.260. The molecular weight excluding hydrogens is 249 g/mol. The van der Waals surface area contributed by atoms with Crippen molar-refractivity contribution in [1.29, 1.82) is 0 Å². The van der Waals surface area contributed by atoms with Crippen molar-refractivity contribution in [3.63, 3.8) is 0 Å². The Kier molecular flexibility index (Phi) is 3.63. The van der Waals surface area contributed by atoms with Crippen molar-refractivity contribution in [1.82, 2.24) is 9.99 Å². The van der Waals surface area contributed by atoms with Gasteiger partial charge in [0.15, 0.2) is 0 Å². The number of amides is 2. The van der Waals surface area contributed by atoms with Gasteiger partial charge in [-0.25, -0.2) is 15.2 Å². The van der Waals surface area contributed by atoms with Crippen LogP contribution in [-0.2, 0) is 0 Å². The van der Waals surface area contributed by atoms with Crippen LogP contribution >= 0.6 is 0 Å². The molecule has 0 spiro atoms. The molecule has 19 heavy (non-hydrogen) atoms. The fraction of sp³-hybridized carbons (Fsp3) is 0. The van der Waals surface area contributed by atoms with Gasteiger partial charge in [-0.3, -0.25) is 14.6 Å². The Labute approximate surface area is 108 Å². The minimum absolute atomic E-state index is 0.00897. The molecule has 0 saturated heterocycles. The first-order valence-electron chi connectivity index (χ1n) is 5.40. The van der Waals surface area contributed by atoms with E-state index in [-0.39, 0.29) is 11.3 Å². The summed E-state index contributed by atoms with van der Waals surface area (Å²) >= 11 is 0. The molecule has 6 heteroatoms. The van der Waals surface area contributed by atoms with Crippen LogP contribution in [-0.4, -0.2) is 21.8 Å². The summed E-state index contributed by atoms with van der Waals surface area (Å²) in [4.78, 5) is 27.5. The maximum atomic E-state index is 13.4. The van der Waals surface area contributed by atoms with Crippen molar-refractivity contribution in [2.45, 2.75) is 0 Å². The highest BCUT2D eigenvalue weighted by Crippen LogP contribution is 2.09. The second kappa shape index (κ2) is 5.36. The molecule has 1 aromatic heterocycles. The van der Waals surface area contributed by atoms with Crippen LogP contribution < -0.4 is 5.84 Å². The van der Waals surface area contributed by atoms with Gasteiger partial charge in [-0.1, -0.05) is 18.2 Å². The summed E-state index contributed by atoms with van der Waals surface area (Å²) in [6, 6.07) is 9.91. The lowest BCUT2D eigenvalue weighted by molar-refractivity contribution is 0.0609. The molecule has 0 bridgehead atoms. The SMILES string of the molecule is NN(C(=O)c1ccccn1)C(=O)c1ccccc1F. The zero-order valence-electron chi connectivity index (χ0n) is 9.79. The fourth-order valence-electron chi connectivity index (χ4n) is 1.47. The molecule has 0 aliphatic carbocycles. The summed E-state index contributed by atoms with van der Waals surface area (Å²) < 4.78 is 13.4. The van der Waals surface area contributed by atoms with Gasteiger partial charge in [0.25, 0.3) is 11.8 Å². The summed E-state index contributed by atoms with van der Waals surface area (Å²) in [6.07, 6.45) is 1.40. The number of nitrogens with zero attached hydrogens (tertiary/aromatic N) is 2. The monoisotopic (exact) mass is 259 g/mol. The van der Waals surface area contributed by atoms with Crippen LogP contribution in [0.25, 0.3) is 0 Å². The fourth-order valence-corrected chi connectivity index (χ4v) is 1.47. The average molecular weight is 259 g/mol. The first-order valence-corrected chi connectivity index (χ1v) is 5.40. The van der Waals surface area contributed by atoms with Crippen LogP contribution in [0.15, 0.2) is 48.7 Å². The van der Waals surface area contributed by atoms with Crippen LogP contribution in [0.1, 0.15) is 20.8 Å². The third-order valence-electron chi connectivity index (χ3n) is 2.43. The Hall–Kier alpha value is -2.60. The molecule has 96 valence electrons. The van der Waals surface area contributed by atoms with E-state index < -0.39 is 17.6 Å². The van der Waals surface area contributed by atoms with E-state index in [4.69, 9.17) is 5.84 Å². The molecule has 5 nitrogen and oxygen atoms in total. The topological polar surface area (TPSA) is 76.3 Å². The smallest absolute Gasteiger partial charge is 0.267 e. The molecular formula is C13H10FN3O2. The summed E-state index contributed by atoms with van der Waals surface area (Å²) in [5, 5.41) is 0.348. The minimum Gasteiger partial charge on any atom is -0.267 e. The van der Waals surface area contributed by atoms with Gasteiger partial charge in [-0.05, 0) is 24.3 Å². The third kappa shape index (κ3) is 2.63. The Bertz CT molecular complexity index is 616. The van der Waals surface area contributed by atoms with Gasteiger partial charge in [-0.2, -0.15) is 0 Å². The summed E-state index contributed by atoms with van der Waals surface area (Å²) in [5.74, 6) is 2.96. The largest absolute Gasteiger partial charge is 0.293 e. The molecule has 2 amide bonds. The molecule has 0 aliphatic heterocycles. The standard InChI is InChI=1S/C13H10FN3O2/c14-10-6-2-1-5-9(10)12(18)17(15)13(19)11-7-3-4-8-16-11/h1-8H,15H2. The zero-order valence-corrected chi connectivity index (χ0v) is 9.79. The lowest BCUT2D eigenvalue weighted by Crippen LogP contribution is -2.43. The molecule has 2 rings (SSSR count). The zero-order chi connectivity index (χ0) is 13.8. The number of imide groups is 1. The molecule has 2 aromatic rings. The third-order valence-corrected chi connectivity index (χ3v) is 2.43. The number of aromatic nitrogens is 1. The highest BCUT2D eigenvalue weighted by atomic mass is 19.1. The van der Waals surface area contributed by atoms with Crippen molar-refractivity contribution < 1.29 is 14.0 Å². The predicted octanol–water partition coefficient (Wildman–Crippen LogP) is 1.38. The number of halogens is 1. The van der Waals surface area contributed by atoms with Gasteiger partial charge in [-0.15, -0.1) is 0 Å². The number of hydrogen-bond donors (Lipinski definition) is 1. The maximum absolute atomic E-state index is 13.4. The van der Waals surface area contributed by atoms with E-state index in [2.05, 4.69) is 4.98 Å². The molecule has 0 aliphatic rings. The van der Waals surface area contributed by atoms with Crippen molar-refractivity contribution in [3.8, 4) is 0 Å². The van der Waals surface area contributed by atoms with Crippen LogP contribution in [0, 0.1) is 5.82 Å². The van der Waals surface area contributed by atoms with Gasteiger partial charge in [0.05, 0.1) is 5.56 Å². The van der Waals surface area contributed by atoms with Crippen molar-refractivity contribution in [2.75, 3.05) is 0 Å². The van der Waals surface area contributed by atoms with Gasteiger partial charge in [0, 0.05) is 6.20 Å². The quantitative estimate of drug-likeness (QED) is 0.382. The van der Waals surface area contributed by atoms with Crippen LogP contribution in [0.4, 0.5) is 4.39 Å². The van der Waals surface area contributed by atoms with E-state index in [1.165, 1.54) is 30.5 Å². The molecule has 0 unspecified atom stereocenters. The van der Waals surface area contributed by atoms with Crippen LogP contribution in [0.5, 0.6) is 0 Å². The van der Waals surface area contributed by atoms with E-state index in [9.17, 15) is 14.0 Å². The Morgan fingerprint density at radius 1 is 1.05 bits per heavy atom. The first kappa shape index (κ1) is 12.8. The number of pyridine rings is 1. The summed E-state index contributed by atoms with van der Waals surface area (Å²) in [7, 11) is 0. The van der Waals surface area contributed by atoms with Gasteiger partial charge < -0.3 is 0 Å². The van der Waals surface area contributed by atoms with E-state index in [0.29, 0.717) is 5.01 Å². The lowest BCUT2D eigenvalue weighted by Gasteiger charge is -2.14. The van der Waals surface area contributed by atoms with Gasteiger partial charge >= 0.3 is 0 Å². The predicted molar refractivity (Wildman–Crippen MR) is 65.3 cm³/mol. The second-order valence-electron chi connectivity index (χ2n) is 3.68. The van der Waals surface area contributed by atoms with E-state index in [0.717, 1.165) is 6.07 Å². The highest BCUT2D eigenvalue weighted by Gasteiger charge is 2.23. The number of carbonyl (C=O) groups excluding carboxylic acids is 2. The Balaban J connectivity index is 2.26. The maximum Gasteiger partial charge on any atom is 0.293 e. The van der Waals surface area contributed by atoms with Crippen molar-refractivity contribution in [3.05, 3.63) is 65.7 Å². The number of hydrogen-bond acceptors (Lipinski definition) is 4. The number of nitrogens with two attached hydrogens (primary N) is 1.